The molecule has 0 spiro atoms. The molecule has 0 saturated heterocycles. The van der Waals surface area contributed by atoms with Crippen LogP contribution < -0.4 is 0 Å². The van der Waals surface area contributed by atoms with E-state index < -0.39 is 6.29 Å². The van der Waals surface area contributed by atoms with Crippen LogP contribution in [-0.2, 0) is 9.53 Å². The van der Waals surface area contributed by atoms with E-state index in [0.717, 1.165) is 6.42 Å². The Balaban J connectivity index is 2.26. The number of hydrogen-bond acceptors (Lipinski definition) is 4. The van der Waals surface area contributed by atoms with Gasteiger partial charge in [0.2, 0.25) is 6.29 Å². The lowest BCUT2D eigenvalue weighted by Crippen LogP contribution is -2.21. The third kappa shape index (κ3) is 1.45. The van der Waals surface area contributed by atoms with E-state index in [0.29, 0.717) is 35.3 Å². The van der Waals surface area contributed by atoms with E-state index >= 15 is 0 Å². The van der Waals surface area contributed by atoms with E-state index in [-0.39, 0.29) is 11.5 Å². The number of ketones is 1. The Kier molecular flexibility index (Phi) is 2.19. The fourth-order valence-electron chi connectivity index (χ4n) is 2.46. The minimum Gasteiger partial charge on any atom is -0.507 e. The van der Waals surface area contributed by atoms with Crippen molar-refractivity contribution in [3.05, 3.63) is 35.1 Å². The molecule has 88 valence electrons. The van der Waals surface area contributed by atoms with Crippen molar-refractivity contribution in [2.24, 2.45) is 0 Å². The van der Waals surface area contributed by atoms with Crippen LogP contribution >= 0.6 is 0 Å². The molecule has 0 aromatic heterocycles. The molecule has 1 aromatic carbocycles. The Morgan fingerprint density at radius 3 is 2.94 bits per heavy atom. The highest BCUT2D eigenvalue weighted by molar-refractivity contribution is 6.22. The molecule has 1 aliphatic heterocycles. The summed E-state index contributed by atoms with van der Waals surface area (Å²) in [6.07, 6.45) is 0.718. The van der Waals surface area contributed by atoms with Crippen molar-refractivity contribution in [2.45, 2.75) is 25.6 Å². The van der Waals surface area contributed by atoms with Gasteiger partial charge in [0, 0.05) is 18.4 Å². The maximum atomic E-state index is 11.9. The number of carbonyl (C=O) groups is 1. The van der Waals surface area contributed by atoms with Gasteiger partial charge in [0.15, 0.2) is 5.78 Å². The molecule has 17 heavy (non-hydrogen) atoms. The predicted molar refractivity (Wildman–Crippen MR) is 59.9 cm³/mol. The average Bonchev–Trinajstić information content (AvgIpc) is 2.28. The van der Waals surface area contributed by atoms with Crippen molar-refractivity contribution >= 4 is 11.4 Å². The first-order valence-electron chi connectivity index (χ1n) is 5.62. The second-order valence-electron chi connectivity index (χ2n) is 4.28. The van der Waals surface area contributed by atoms with Crippen molar-refractivity contribution in [3.63, 3.8) is 0 Å². The number of benzene rings is 1. The molecule has 1 aliphatic carbocycles. The number of hydrogen-bond donors (Lipinski definition) is 2. The molecule has 4 nitrogen and oxygen atoms in total. The van der Waals surface area contributed by atoms with Crippen LogP contribution in [-0.4, -0.2) is 16.0 Å². The summed E-state index contributed by atoms with van der Waals surface area (Å²) in [5.74, 6) is 0.525. The summed E-state index contributed by atoms with van der Waals surface area (Å²) in [5, 5.41) is 19.6. The summed E-state index contributed by atoms with van der Waals surface area (Å²) in [7, 11) is 0. The minimum atomic E-state index is -1.18. The van der Waals surface area contributed by atoms with Crippen LogP contribution in [0.5, 0.6) is 5.75 Å². The second-order valence-corrected chi connectivity index (χ2v) is 4.28. The van der Waals surface area contributed by atoms with Gasteiger partial charge in [-0.05, 0) is 12.5 Å². The van der Waals surface area contributed by atoms with Crippen LogP contribution in [0.15, 0.2) is 24.0 Å². The molecule has 1 aromatic rings. The molecule has 2 aliphatic rings. The molecule has 1 unspecified atom stereocenters. The van der Waals surface area contributed by atoms with Crippen molar-refractivity contribution in [3.8, 4) is 5.75 Å². The van der Waals surface area contributed by atoms with E-state index in [4.69, 9.17) is 4.74 Å². The summed E-state index contributed by atoms with van der Waals surface area (Å²) in [6, 6.07) is 4.88. The number of aliphatic hydroxyl groups excluding tert-OH is 1. The molecule has 0 bridgehead atoms. The van der Waals surface area contributed by atoms with Crippen molar-refractivity contribution in [2.75, 3.05) is 0 Å². The van der Waals surface area contributed by atoms with Crippen molar-refractivity contribution < 1.29 is 19.7 Å². The third-order valence-corrected chi connectivity index (χ3v) is 3.22. The number of ether oxygens (including phenoxy) is 1. The van der Waals surface area contributed by atoms with Gasteiger partial charge in [0.25, 0.3) is 0 Å². The molecular weight excluding hydrogens is 220 g/mol. The molecule has 3 rings (SSSR count). The summed E-state index contributed by atoms with van der Waals surface area (Å²) in [4.78, 5) is 11.9. The number of phenolic OH excluding ortho intramolecular Hbond substituents is 1. The minimum absolute atomic E-state index is 0.0185. The number of phenols is 1. The molecular formula is C13H12O4. The van der Waals surface area contributed by atoms with E-state index in [1.54, 1.807) is 12.1 Å². The van der Waals surface area contributed by atoms with E-state index in [9.17, 15) is 15.0 Å². The van der Waals surface area contributed by atoms with Gasteiger partial charge in [-0.2, -0.15) is 0 Å². The lowest BCUT2D eigenvalue weighted by Gasteiger charge is -2.30. The normalized spacial score (nSPS) is 22.9. The first-order chi connectivity index (χ1) is 8.18. The Morgan fingerprint density at radius 1 is 1.29 bits per heavy atom. The number of fused-ring (bicyclic) bond motifs is 2. The molecule has 4 heteroatoms. The summed E-state index contributed by atoms with van der Waals surface area (Å²) in [5.41, 5.74) is 1.41. The number of allylic oxidation sites excluding steroid dienone is 2. The zero-order valence-corrected chi connectivity index (χ0v) is 9.14. The van der Waals surface area contributed by atoms with Crippen LogP contribution in [0.1, 0.15) is 36.7 Å². The number of Topliss-reactive ketones (excluding diaryl/α,β-unsaturated/α-hetero) is 1. The standard InChI is InChI=1S/C13H12O4/c14-8-5-2-6-10-11(8)7-3-1-4-9(15)12(7)13(16)17-10/h1,3-4,13,15-16H,2,5-6H2. The van der Waals surface area contributed by atoms with Gasteiger partial charge in [-0.25, -0.2) is 0 Å². The first kappa shape index (κ1) is 10.4. The zero-order valence-electron chi connectivity index (χ0n) is 9.14. The number of aromatic hydroxyl groups is 1. The van der Waals surface area contributed by atoms with Gasteiger partial charge in [-0.3, -0.25) is 4.79 Å². The lowest BCUT2D eigenvalue weighted by atomic mass is 9.86. The van der Waals surface area contributed by atoms with Crippen molar-refractivity contribution in [1.82, 2.24) is 0 Å². The van der Waals surface area contributed by atoms with Crippen LogP contribution in [0.25, 0.3) is 5.57 Å². The lowest BCUT2D eigenvalue weighted by molar-refractivity contribution is -0.115. The largest absolute Gasteiger partial charge is 0.507 e. The van der Waals surface area contributed by atoms with Gasteiger partial charge < -0.3 is 14.9 Å². The van der Waals surface area contributed by atoms with Crippen LogP contribution in [0.4, 0.5) is 0 Å². The molecule has 0 fully saturated rings. The molecule has 0 radical (unpaired) electrons. The quantitative estimate of drug-likeness (QED) is 0.716. The van der Waals surface area contributed by atoms with Crippen LogP contribution in [0.2, 0.25) is 0 Å². The smallest absolute Gasteiger partial charge is 0.228 e. The molecule has 0 amide bonds. The Hall–Kier alpha value is -1.81. The Morgan fingerprint density at radius 2 is 2.12 bits per heavy atom. The maximum absolute atomic E-state index is 11.9. The van der Waals surface area contributed by atoms with Gasteiger partial charge in [0.05, 0.1) is 11.1 Å². The van der Waals surface area contributed by atoms with E-state index in [2.05, 4.69) is 0 Å². The highest BCUT2D eigenvalue weighted by Crippen LogP contribution is 2.43. The summed E-state index contributed by atoms with van der Waals surface area (Å²) >= 11 is 0. The van der Waals surface area contributed by atoms with Gasteiger partial charge in [-0.1, -0.05) is 12.1 Å². The molecule has 1 atom stereocenters. The van der Waals surface area contributed by atoms with Gasteiger partial charge in [-0.15, -0.1) is 0 Å². The predicted octanol–water partition coefficient (Wildman–Crippen LogP) is 1.88. The van der Waals surface area contributed by atoms with Crippen LogP contribution in [0.3, 0.4) is 0 Å². The molecule has 0 saturated carbocycles. The fourth-order valence-corrected chi connectivity index (χ4v) is 2.46. The first-order valence-corrected chi connectivity index (χ1v) is 5.62. The number of carbonyl (C=O) groups excluding carboxylic acids is 1. The summed E-state index contributed by atoms with van der Waals surface area (Å²) < 4.78 is 5.32. The summed E-state index contributed by atoms with van der Waals surface area (Å²) in [6.45, 7) is 0. The fraction of sp³-hybridized carbons (Fsp3) is 0.308. The SMILES string of the molecule is O=C1CCCC2=C1c1cccc(O)c1C(O)O2. The average molecular weight is 232 g/mol. The van der Waals surface area contributed by atoms with Gasteiger partial charge in [0.1, 0.15) is 11.5 Å². The zero-order chi connectivity index (χ0) is 12.0. The highest BCUT2D eigenvalue weighted by atomic mass is 16.6. The number of aliphatic hydroxyl groups is 1. The topological polar surface area (TPSA) is 66.8 Å². The second kappa shape index (κ2) is 3.60. The highest BCUT2D eigenvalue weighted by Gasteiger charge is 2.34. The molecule has 2 N–H and O–H groups in total. The van der Waals surface area contributed by atoms with Crippen molar-refractivity contribution in [1.29, 1.82) is 0 Å². The maximum Gasteiger partial charge on any atom is 0.228 e. The Labute approximate surface area is 98.1 Å². The van der Waals surface area contributed by atoms with E-state index in [1.807, 2.05) is 0 Å². The van der Waals surface area contributed by atoms with Crippen LogP contribution in [0, 0.1) is 0 Å². The van der Waals surface area contributed by atoms with E-state index in [1.165, 1.54) is 6.07 Å². The number of rotatable bonds is 0. The monoisotopic (exact) mass is 232 g/mol. The molecule has 1 heterocycles. The Bertz CT molecular complexity index is 530. The third-order valence-electron chi connectivity index (χ3n) is 3.22. The van der Waals surface area contributed by atoms with Gasteiger partial charge >= 0.3 is 0 Å².